The van der Waals surface area contributed by atoms with Crippen molar-refractivity contribution in [3.05, 3.63) is 29.8 Å². The molecule has 1 saturated heterocycles. The number of rotatable bonds is 9. The van der Waals surface area contributed by atoms with Crippen molar-refractivity contribution in [2.75, 3.05) is 40.1 Å². The Bertz CT molecular complexity index is 553. The Balaban J connectivity index is 1.86. The zero-order chi connectivity index (χ0) is 18.1. The van der Waals surface area contributed by atoms with Gasteiger partial charge in [0.25, 0.3) is 5.91 Å². The molecule has 0 bridgehead atoms. The van der Waals surface area contributed by atoms with E-state index in [1.807, 2.05) is 0 Å². The van der Waals surface area contributed by atoms with E-state index >= 15 is 0 Å². The van der Waals surface area contributed by atoms with Crippen molar-refractivity contribution in [2.45, 2.75) is 12.8 Å². The summed E-state index contributed by atoms with van der Waals surface area (Å²) in [7, 11) is 1.60. The lowest BCUT2D eigenvalue weighted by atomic mass is 9.86. The molecule has 1 amide bonds. The highest BCUT2D eigenvalue weighted by Gasteiger charge is 2.30. The summed E-state index contributed by atoms with van der Waals surface area (Å²) in [4.78, 5) is 23.7. The molecule has 7 heteroatoms. The number of benzene rings is 1. The molecular weight excluding hydrogens is 326 g/mol. The molecule has 2 N–H and O–H groups in total. The second-order valence-electron chi connectivity index (χ2n) is 5.97. The van der Waals surface area contributed by atoms with E-state index in [1.165, 1.54) is 0 Å². The van der Waals surface area contributed by atoms with Gasteiger partial charge >= 0.3 is 5.97 Å². The van der Waals surface area contributed by atoms with Gasteiger partial charge in [-0.05, 0) is 43.0 Å². The van der Waals surface area contributed by atoms with Crippen LogP contribution in [-0.2, 0) is 14.3 Å². The zero-order valence-corrected chi connectivity index (χ0v) is 14.4. The summed E-state index contributed by atoms with van der Waals surface area (Å²) in [6.45, 7) is 2.20. The third-order valence-electron chi connectivity index (χ3n) is 4.31. The second kappa shape index (κ2) is 10.0. The predicted octanol–water partition coefficient (Wildman–Crippen LogP) is 1.57. The maximum atomic E-state index is 12.2. The SMILES string of the molecule is COCCOc1ccc(C(=O)NCC(C(=O)O)C2CCOCC2)cc1. The number of hydrogen-bond acceptors (Lipinski definition) is 5. The minimum absolute atomic E-state index is 0.0307. The van der Waals surface area contributed by atoms with Crippen LogP contribution in [0, 0.1) is 11.8 Å². The summed E-state index contributed by atoms with van der Waals surface area (Å²) in [5.41, 5.74) is 0.468. The number of ether oxygens (including phenoxy) is 3. The normalized spacial score (nSPS) is 16.2. The minimum atomic E-state index is -0.880. The molecule has 1 aliphatic heterocycles. The van der Waals surface area contributed by atoms with Gasteiger partial charge in [0.2, 0.25) is 0 Å². The van der Waals surface area contributed by atoms with Crippen LogP contribution in [0.15, 0.2) is 24.3 Å². The first-order valence-corrected chi connectivity index (χ1v) is 8.42. The number of carboxylic acids is 1. The van der Waals surface area contributed by atoms with Gasteiger partial charge in [0.15, 0.2) is 0 Å². The topological polar surface area (TPSA) is 94.1 Å². The molecule has 1 atom stereocenters. The number of aliphatic carboxylic acids is 1. The minimum Gasteiger partial charge on any atom is -0.491 e. The van der Waals surface area contributed by atoms with Gasteiger partial charge in [0.1, 0.15) is 12.4 Å². The number of methoxy groups -OCH3 is 1. The number of hydrogen-bond donors (Lipinski definition) is 2. The Morgan fingerprint density at radius 2 is 1.92 bits per heavy atom. The fraction of sp³-hybridized carbons (Fsp3) is 0.556. The zero-order valence-electron chi connectivity index (χ0n) is 14.4. The van der Waals surface area contributed by atoms with E-state index in [4.69, 9.17) is 14.2 Å². The molecule has 0 aromatic heterocycles. The molecular formula is C18H25NO6. The fourth-order valence-electron chi connectivity index (χ4n) is 2.82. The first kappa shape index (κ1) is 19.2. The Morgan fingerprint density at radius 3 is 2.52 bits per heavy atom. The lowest BCUT2D eigenvalue weighted by Crippen LogP contribution is -2.38. The van der Waals surface area contributed by atoms with Crippen LogP contribution in [0.1, 0.15) is 23.2 Å². The molecule has 138 valence electrons. The van der Waals surface area contributed by atoms with E-state index in [2.05, 4.69) is 5.32 Å². The van der Waals surface area contributed by atoms with Crippen LogP contribution in [-0.4, -0.2) is 57.1 Å². The van der Waals surface area contributed by atoms with Crippen molar-refractivity contribution in [1.82, 2.24) is 5.32 Å². The monoisotopic (exact) mass is 351 g/mol. The van der Waals surface area contributed by atoms with Crippen LogP contribution in [0.2, 0.25) is 0 Å². The summed E-state index contributed by atoms with van der Waals surface area (Å²) in [6.07, 6.45) is 1.42. The molecule has 0 spiro atoms. The number of carbonyl (C=O) groups is 2. The van der Waals surface area contributed by atoms with Crippen molar-refractivity contribution in [3.8, 4) is 5.75 Å². The van der Waals surface area contributed by atoms with E-state index in [1.54, 1.807) is 31.4 Å². The molecule has 1 aromatic rings. The van der Waals surface area contributed by atoms with Crippen LogP contribution in [0.3, 0.4) is 0 Å². The molecule has 7 nitrogen and oxygen atoms in total. The molecule has 1 fully saturated rings. The second-order valence-corrected chi connectivity index (χ2v) is 5.97. The highest BCUT2D eigenvalue weighted by Crippen LogP contribution is 2.24. The average Bonchev–Trinajstić information content (AvgIpc) is 2.63. The Morgan fingerprint density at radius 1 is 1.24 bits per heavy atom. The average molecular weight is 351 g/mol. The maximum Gasteiger partial charge on any atom is 0.308 e. The van der Waals surface area contributed by atoms with Gasteiger partial charge in [-0.25, -0.2) is 0 Å². The first-order valence-electron chi connectivity index (χ1n) is 8.42. The molecule has 1 aliphatic rings. The number of amides is 1. The third kappa shape index (κ3) is 6.03. The van der Waals surface area contributed by atoms with E-state index in [9.17, 15) is 14.7 Å². The lowest BCUT2D eigenvalue weighted by Gasteiger charge is -2.27. The summed E-state index contributed by atoms with van der Waals surface area (Å²) in [5.74, 6) is -1.08. The molecule has 0 radical (unpaired) electrons. The summed E-state index contributed by atoms with van der Waals surface area (Å²) in [5, 5.41) is 12.2. The Labute approximate surface area is 147 Å². The Kier molecular flexibility index (Phi) is 7.69. The number of carbonyl (C=O) groups excluding carboxylic acids is 1. The number of carboxylic acid groups (broad SMARTS) is 1. The van der Waals surface area contributed by atoms with Crippen molar-refractivity contribution >= 4 is 11.9 Å². The van der Waals surface area contributed by atoms with Gasteiger partial charge in [-0.1, -0.05) is 0 Å². The molecule has 0 saturated carbocycles. The highest BCUT2D eigenvalue weighted by molar-refractivity contribution is 5.94. The van der Waals surface area contributed by atoms with Crippen LogP contribution in [0.5, 0.6) is 5.75 Å². The van der Waals surface area contributed by atoms with Crippen LogP contribution in [0.4, 0.5) is 0 Å². The smallest absolute Gasteiger partial charge is 0.308 e. The maximum absolute atomic E-state index is 12.2. The van der Waals surface area contributed by atoms with E-state index < -0.39 is 11.9 Å². The predicted molar refractivity (Wildman–Crippen MR) is 90.8 cm³/mol. The first-order chi connectivity index (χ1) is 12.1. The molecule has 1 unspecified atom stereocenters. The molecule has 1 heterocycles. The van der Waals surface area contributed by atoms with Crippen molar-refractivity contribution in [1.29, 1.82) is 0 Å². The van der Waals surface area contributed by atoms with E-state index in [0.29, 0.717) is 50.6 Å². The third-order valence-corrected chi connectivity index (χ3v) is 4.31. The standard InChI is InChI=1S/C18H25NO6/c1-23-10-11-25-15-4-2-14(3-5-15)17(20)19-12-16(18(21)22)13-6-8-24-9-7-13/h2-5,13,16H,6-12H2,1H3,(H,19,20)(H,21,22). The van der Waals surface area contributed by atoms with Gasteiger partial charge in [0.05, 0.1) is 12.5 Å². The highest BCUT2D eigenvalue weighted by atomic mass is 16.5. The summed E-state index contributed by atoms with van der Waals surface area (Å²) >= 11 is 0. The van der Waals surface area contributed by atoms with E-state index in [0.717, 1.165) is 0 Å². The van der Waals surface area contributed by atoms with Gasteiger partial charge in [-0.15, -0.1) is 0 Å². The summed E-state index contributed by atoms with van der Waals surface area (Å²) < 4.78 is 15.6. The summed E-state index contributed by atoms with van der Waals surface area (Å²) in [6, 6.07) is 6.72. The largest absolute Gasteiger partial charge is 0.491 e. The quantitative estimate of drug-likeness (QED) is 0.656. The fourth-order valence-corrected chi connectivity index (χ4v) is 2.82. The van der Waals surface area contributed by atoms with Crippen molar-refractivity contribution < 1.29 is 28.9 Å². The van der Waals surface area contributed by atoms with Gasteiger partial charge in [-0.2, -0.15) is 0 Å². The van der Waals surface area contributed by atoms with Gasteiger partial charge < -0.3 is 24.6 Å². The number of nitrogens with one attached hydrogen (secondary N) is 1. The Hall–Kier alpha value is -2.12. The van der Waals surface area contributed by atoms with Crippen LogP contribution >= 0.6 is 0 Å². The molecule has 0 aliphatic carbocycles. The molecule has 25 heavy (non-hydrogen) atoms. The van der Waals surface area contributed by atoms with Crippen molar-refractivity contribution in [2.24, 2.45) is 11.8 Å². The van der Waals surface area contributed by atoms with Gasteiger partial charge in [-0.3, -0.25) is 9.59 Å². The van der Waals surface area contributed by atoms with Crippen LogP contribution < -0.4 is 10.1 Å². The molecule has 2 rings (SSSR count). The van der Waals surface area contributed by atoms with Gasteiger partial charge in [0, 0.05) is 32.4 Å². The van der Waals surface area contributed by atoms with Crippen molar-refractivity contribution in [3.63, 3.8) is 0 Å². The molecule has 1 aromatic carbocycles. The van der Waals surface area contributed by atoms with E-state index in [-0.39, 0.29) is 18.4 Å². The van der Waals surface area contributed by atoms with Crippen LogP contribution in [0.25, 0.3) is 0 Å². The lowest BCUT2D eigenvalue weighted by molar-refractivity contribution is -0.144.